The highest BCUT2D eigenvalue weighted by Crippen LogP contribution is 2.16. The zero-order valence-corrected chi connectivity index (χ0v) is 13.8. The molecule has 3 N–H and O–H groups in total. The van der Waals surface area contributed by atoms with Crippen LogP contribution >= 0.6 is 11.3 Å². The minimum Gasteiger partial charge on any atom is -0.399 e. The lowest BCUT2D eigenvalue weighted by molar-refractivity contribution is -0.110. The second-order valence-electron chi connectivity index (χ2n) is 4.67. The van der Waals surface area contributed by atoms with E-state index < -0.39 is 11.0 Å². The zero-order chi connectivity index (χ0) is 17.4. The Bertz CT molecular complexity index is 703. The van der Waals surface area contributed by atoms with Crippen LogP contribution in [0.2, 0.25) is 0 Å². The van der Waals surface area contributed by atoms with Crippen molar-refractivity contribution in [3.05, 3.63) is 41.2 Å². The van der Waals surface area contributed by atoms with Gasteiger partial charge in [0.2, 0.25) is 0 Å². The highest BCUT2D eigenvalue weighted by molar-refractivity contribution is 7.14. The molecule has 1 amide bonds. The van der Waals surface area contributed by atoms with Crippen LogP contribution in [0.3, 0.4) is 0 Å². The van der Waals surface area contributed by atoms with Gasteiger partial charge in [-0.1, -0.05) is 28.6 Å². The number of amides is 1. The van der Waals surface area contributed by atoms with Gasteiger partial charge in [-0.3, -0.25) is 10.1 Å². The number of carbonyl (C=O) groups is 1. The molecule has 1 aromatic carbocycles. The Morgan fingerprint density at radius 1 is 1.38 bits per heavy atom. The van der Waals surface area contributed by atoms with Crippen LogP contribution in [0.1, 0.15) is 12.0 Å². The van der Waals surface area contributed by atoms with E-state index in [1.807, 2.05) is 0 Å². The molecule has 7 nitrogen and oxygen atoms in total. The molecular formula is C15H17FN4O3S. The molecule has 0 aliphatic carbocycles. The molecule has 0 fully saturated rings. The quantitative estimate of drug-likeness (QED) is 0.329. The fourth-order valence-corrected chi connectivity index (χ4v) is 2.25. The van der Waals surface area contributed by atoms with Crippen molar-refractivity contribution in [3.63, 3.8) is 0 Å². The summed E-state index contributed by atoms with van der Waals surface area (Å²) in [5, 5.41) is 6.02. The molecule has 2 rings (SSSR count). The van der Waals surface area contributed by atoms with E-state index in [0.717, 1.165) is 17.5 Å². The minimum absolute atomic E-state index is 0.0445. The van der Waals surface area contributed by atoms with Crippen molar-refractivity contribution in [2.75, 3.05) is 31.4 Å². The molecule has 0 atom stereocenters. The predicted molar refractivity (Wildman–Crippen MR) is 90.5 cm³/mol. The van der Waals surface area contributed by atoms with Crippen molar-refractivity contribution in [1.29, 1.82) is 0 Å². The number of nitrogen functional groups attached to an aromatic ring is 1. The minimum atomic E-state index is -0.555. The van der Waals surface area contributed by atoms with Crippen molar-refractivity contribution in [1.82, 2.24) is 4.98 Å². The highest BCUT2D eigenvalue weighted by atomic mass is 32.1. The van der Waals surface area contributed by atoms with E-state index in [9.17, 15) is 9.18 Å². The van der Waals surface area contributed by atoms with Crippen LogP contribution < -0.4 is 11.1 Å². The number of oxime groups is 1. The number of nitrogens with zero attached hydrogens (tertiary/aromatic N) is 2. The second kappa shape index (κ2) is 8.94. The van der Waals surface area contributed by atoms with Gasteiger partial charge in [0.1, 0.15) is 6.61 Å². The Hall–Kier alpha value is -2.52. The normalized spacial score (nSPS) is 11.3. The first kappa shape index (κ1) is 17.8. The third-order valence-corrected chi connectivity index (χ3v) is 3.54. The Morgan fingerprint density at radius 2 is 2.12 bits per heavy atom. The summed E-state index contributed by atoms with van der Waals surface area (Å²) in [4.78, 5) is 21.3. The average Bonchev–Trinajstić information content (AvgIpc) is 2.97. The van der Waals surface area contributed by atoms with Gasteiger partial charge < -0.3 is 15.3 Å². The van der Waals surface area contributed by atoms with Crippen LogP contribution in [0.4, 0.5) is 15.2 Å². The number of rotatable bonds is 8. The number of nitrogens with two attached hydrogens (primary N) is 1. The summed E-state index contributed by atoms with van der Waals surface area (Å²) in [7, 11) is 1.59. The predicted octanol–water partition coefficient (Wildman–Crippen LogP) is 2.26. The summed E-state index contributed by atoms with van der Waals surface area (Å²) in [6.45, 7) is 0.822. The molecule has 0 unspecified atom stereocenters. The molecule has 1 aromatic heterocycles. The average molecular weight is 352 g/mol. The summed E-state index contributed by atoms with van der Waals surface area (Å²) >= 11 is 0.724. The van der Waals surface area contributed by atoms with Crippen molar-refractivity contribution >= 4 is 33.8 Å². The largest absolute Gasteiger partial charge is 0.399 e. The highest BCUT2D eigenvalue weighted by Gasteiger charge is 2.17. The van der Waals surface area contributed by atoms with E-state index in [2.05, 4.69) is 15.5 Å². The monoisotopic (exact) mass is 352 g/mol. The Kier molecular flexibility index (Phi) is 6.64. The van der Waals surface area contributed by atoms with Crippen molar-refractivity contribution in [2.45, 2.75) is 6.42 Å². The lowest BCUT2D eigenvalue weighted by atomic mass is 10.1. The van der Waals surface area contributed by atoms with Crippen molar-refractivity contribution < 1.29 is 18.8 Å². The van der Waals surface area contributed by atoms with Gasteiger partial charge in [-0.25, -0.2) is 4.98 Å². The van der Waals surface area contributed by atoms with E-state index in [1.165, 1.54) is 0 Å². The number of halogens is 1. The lowest BCUT2D eigenvalue weighted by Gasteiger charge is -2.07. The maximum atomic E-state index is 13.0. The molecule has 1 heterocycles. The van der Waals surface area contributed by atoms with Crippen molar-refractivity contribution in [2.24, 2.45) is 5.16 Å². The van der Waals surface area contributed by atoms with Gasteiger partial charge in [-0.15, -0.1) is 0 Å². The molecule has 0 spiro atoms. The van der Waals surface area contributed by atoms with Crippen LogP contribution in [0.15, 0.2) is 35.6 Å². The van der Waals surface area contributed by atoms with Crippen LogP contribution in [0.5, 0.6) is 0 Å². The fourth-order valence-electron chi connectivity index (χ4n) is 1.71. The van der Waals surface area contributed by atoms with Gasteiger partial charge in [-0.05, 0) is 12.1 Å². The first-order valence-electron chi connectivity index (χ1n) is 7.07. The topological polar surface area (TPSA) is 98.8 Å². The van der Waals surface area contributed by atoms with Gasteiger partial charge in [-0.2, -0.15) is 4.39 Å². The van der Waals surface area contributed by atoms with Gasteiger partial charge in [0.25, 0.3) is 5.91 Å². The number of hydrogen-bond acceptors (Lipinski definition) is 7. The number of thiazole rings is 1. The van der Waals surface area contributed by atoms with Gasteiger partial charge >= 0.3 is 0 Å². The number of carbonyl (C=O) groups excluding carboxylic acids is 1. The summed E-state index contributed by atoms with van der Waals surface area (Å²) in [5.41, 5.74) is 6.77. The molecule has 24 heavy (non-hydrogen) atoms. The molecule has 0 radical (unpaired) electrons. The van der Waals surface area contributed by atoms with E-state index in [4.69, 9.17) is 15.3 Å². The molecule has 0 aliphatic heterocycles. The molecule has 0 bridgehead atoms. The van der Waals surface area contributed by atoms with Crippen LogP contribution in [-0.2, 0) is 14.4 Å². The number of hydrogen-bond donors (Lipinski definition) is 2. The van der Waals surface area contributed by atoms with Gasteiger partial charge in [0, 0.05) is 31.4 Å². The molecule has 2 aromatic rings. The number of benzene rings is 1. The second-order valence-corrected chi connectivity index (χ2v) is 5.65. The maximum absolute atomic E-state index is 13.0. The number of nitrogens with one attached hydrogen (secondary N) is 1. The van der Waals surface area contributed by atoms with E-state index in [0.29, 0.717) is 30.9 Å². The molecule has 0 saturated carbocycles. The summed E-state index contributed by atoms with van der Waals surface area (Å²) in [6.07, 6.45) is 1.66. The SMILES string of the molecule is COCCCO/N=C(/C(=O)Nc1ncc(F)s1)c1ccc(N)cc1. The molecule has 128 valence electrons. The van der Waals surface area contributed by atoms with Crippen LogP contribution in [0.25, 0.3) is 0 Å². The van der Waals surface area contributed by atoms with Crippen LogP contribution in [-0.4, -0.2) is 36.9 Å². The summed E-state index contributed by atoms with van der Waals surface area (Å²) < 4.78 is 17.9. The Labute approximate surface area is 142 Å². The Morgan fingerprint density at radius 3 is 2.75 bits per heavy atom. The van der Waals surface area contributed by atoms with E-state index >= 15 is 0 Å². The summed E-state index contributed by atoms with van der Waals surface area (Å²) in [5.74, 6) is -0.555. The number of methoxy groups -OCH3 is 1. The van der Waals surface area contributed by atoms with E-state index in [1.54, 1.807) is 31.4 Å². The first-order valence-corrected chi connectivity index (χ1v) is 7.89. The molecular weight excluding hydrogens is 335 g/mol. The number of anilines is 2. The first-order chi connectivity index (χ1) is 11.6. The van der Waals surface area contributed by atoms with E-state index in [-0.39, 0.29) is 10.8 Å². The Balaban J connectivity index is 2.13. The third-order valence-electron chi connectivity index (χ3n) is 2.84. The molecule has 0 saturated heterocycles. The fraction of sp³-hybridized carbons (Fsp3) is 0.267. The van der Waals surface area contributed by atoms with Gasteiger partial charge in [0.15, 0.2) is 16.0 Å². The smallest absolute Gasteiger partial charge is 0.280 e. The lowest BCUT2D eigenvalue weighted by Crippen LogP contribution is -2.24. The maximum Gasteiger partial charge on any atom is 0.280 e. The van der Waals surface area contributed by atoms with Crippen LogP contribution in [0, 0.1) is 5.13 Å². The number of ether oxygens (including phenoxy) is 1. The number of aromatic nitrogens is 1. The summed E-state index contributed by atoms with van der Waals surface area (Å²) in [6, 6.07) is 6.58. The van der Waals surface area contributed by atoms with Gasteiger partial charge in [0.05, 0.1) is 6.20 Å². The zero-order valence-electron chi connectivity index (χ0n) is 13.0. The molecule has 9 heteroatoms. The molecule has 0 aliphatic rings. The third kappa shape index (κ3) is 5.28. The standard InChI is InChI=1S/C15H17FN4O3S/c1-22-7-2-8-23-20-13(10-3-5-11(17)6-4-10)14(21)19-15-18-9-12(16)24-15/h3-6,9H,2,7-8,17H2,1H3,(H,18,19,21)/b20-13+. The van der Waals surface area contributed by atoms with Crippen molar-refractivity contribution in [3.8, 4) is 0 Å².